The van der Waals surface area contributed by atoms with Gasteiger partial charge in [-0.3, -0.25) is 0 Å². The van der Waals surface area contributed by atoms with E-state index >= 15 is 0 Å². The molecular weight excluding hydrogens is 294 g/mol. The van der Waals surface area contributed by atoms with Crippen molar-refractivity contribution in [3.63, 3.8) is 0 Å². The van der Waals surface area contributed by atoms with Crippen LogP contribution in [0, 0.1) is 13.8 Å². The molecule has 0 radical (unpaired) electrons. The third-order valence-electron chi connectivity index (χ3n) is 4.27. The van der Waals surface area contributed by atoms with Gasteiger partial charge in [0.05, 0.1) is 18.8 Å². The first-order chi connectivity index (χ1) is 9.91. The quantitative estimate of drug-likeness (QED) is 0.785. The molecule has 2 fully saturated rings. The Balaban J connectivity index is 1.97. The van der Waals surface area contributed by atoms with Gasteiger partial charge in [-0.2, -0.15) is 4.31 Å². The lowest BCUT2D eigenvalue weighted by atomic mass is 10.0. The predicted molar refractivity (Wildman–Crippen MR) is 75.5 cm³/mol. The number of nitrogens with zero attached hydrogens (tertiary/aromatic N) is 3. The molecule has 1 aromatic rings. The van der Waals surface area contributed by atoms with E-state index in [0.29, 0.717) is 31.2 Å². The van der Waals surface area contributed by atoms with Gasteiger partial charge >= 0.3 is 0 Å². The van der Waals surface area contributed by atoms with Gasteiger partial charge in [-0.25, -0.2) is 8.42 Å². The Labute approximate surface area is 124 Å². The highest BCUT2D eigenvalue weighted by Gasteiger charge is 2.43. The summed E-state index contributed by atoms with van der Waals surface area (Å²) >= 11 is 0. The maximum Gasteiger partial charge on any atom is 0.248 e. The van der Waals surface area contributed by atoms with Gasteiger partial charge in [0.15, 0.2) is 5.76 Å². The molecule has 2 saturated heterocycles. The minimum absolute atomic E-state index is 0.0230. The number of rotatable bonds is 2. The first-order valence-corrected chi connectivity index (χ1v) is 8.60. The molecule has 3 heterocycles. The van der Waals surface area contributed by atoms with Crippen molar-refractivity contribution in [2.75, 3.05) is 33.3 Å². The molecular formula is C13H21N3O4S. The van der Waals surface area contributed by atoms with Crippen molar-refractivity contribution in [3.8, 4) is 0 Å². The summed E-state index contributed by atoms with van der Waals surface area (Å²) in [6.07, 6.45) is 0.833. The van der Waals surface area contributed by atoms with E-state index in [2.05, 4.69) is 10.1 Å². The number of hydrogen-bond acceptors (Lipinski definition) is 6. The maximum atomic E-state index is 13.0. The standard InChI is InChI=1S/C13H21N3O4S/c1-9-13(10(2)20-14-9)21(17,18)16-6-7-19-12-4-5-15(3)8-11(12)16/h11-12H,4-8H2,1-3H3. The Kier molecular flexibility index (Phi) is 3.81. The molecule has 0 amide bonds. The monoisotopic (exact) mass is 315 g/mol. The van der Waals surface area contributed by atoms with Crippen molar-refractivity contribution < 1.29 is 17.7 Å². The number of likely N-dealkylation sites (tertiary alicyclic amines) is 1. The van der Waals surface area contributed by atoms with Crippen LogP contribution in [0.3, 0.4) is 0 Å². The minimum Gasteiger partial charge on any atom is -0.375 e. The molecule has 118 valence electrons. The normalized spacial score (nSPS) is 28.5. The SMILES string of the molecule is Cc1noc(C)c1S(=O)(=O)N1CCOC2CCN(C)CC21. The van der Waals surface area contributed by atoms with Crippen LogP contribution in [0.25, 0.3) is 0 Å². The Hall–Kier alpha value is -0.960. The molecule has 2 atom stereocenters. The van der Waals surface area contributed by atoms with Gasteiger partial charge in [0.2, 0.25) is 10.0 Å². The third kappa shape index (κ3) is 2.50. The molecule has 0 N–H and O–H groups in total. The number of sulfonamides is 1. The number of hydrogen-bond donors (Lipinski definition) is 0. The highest BCUT2D eigenvalue weighted by atomic mass is 32.2. The van der Waals surface area contributed by atoms with Crippen LogP contribution in [0.1, 0.15) is 17.9 Å². The van der Waals surface area contributed by atoms with Gasteiger partial charge in [0.25, 0.3) is 0 Å². The van der Waals surface area contributed by atoms with E-state index in [1.807, 2.05) is 7.05 Å². The molecule has 7 nitrogen and oxygen atoms in total. The van der Waals surface area contributed by atoms with E-state index in [1.165, 1.54) is 0 Å². The van der Waals surface area contributed by atoms with Crippen molar-refractivity contribution in [3.05, 3.63) is 11.5 Å². The van der Waals surface area contributed by atoms with Gasteiger partial charge in [-0.05, 0) is 27.3 Å². The fourth-order valence-electron chi connectivity index (χ4n) is 3.26. The summed E-state index contributed by atoms with van der Waals surface area (Å²) in [7, 11) is -1.60. The van der Waals surface area contributed by atoms with Crippen molar-refractivity contribution in [2.45, 2.75) is 37.3 Å². The summed E-state index contributed by atoms with van der Waals surface area (Å²) in [5.74, 6) is 0.347. The Morgan fingerprint density at radius 1 is 1.29 bits per heavy atom. The van der Waals surface area contributed by atoms with E-state index in [4.69, 9.17) is 9.26 Å². The predicted octanol–water partition coefficient (Wildman–Crippen LogP) is 0.385. The minimum atomic E-state index is -3.60. The molecule has 21 heavy (non-hydrogen) atoms. The van der Waals surface area contributed by atoms with E-state index < -0.39 is 10.0 Å². The summed E-state index contributed by atoms with van der Waals surface area (Å²) in [5.41, 5.74) is 0.416. The highest BCUT2D eigenvalue weighted by Crippen LogP contribution is 2.30. The molecule has 0 spiro atoms. The zero-order chi connectivity index (χ0) is 15.2. The fourth-order valence-corrected chi connectivity index (χ4v) is 5.18. The molecule has 0 aliphatic carbocycles. The molecule has 2 aliphatic heterocycles. The summed E-state index contributed by atoms with van der Waals surface area (Å²) in [4.78, 5) is 2.35. The number of fused-ring (bicyclic) bond motifs is 1. The molecule has 3 rings (SSSR count). The van der Waals surface area contributed by atoms with Crippen LogP contribution in [0.4, 0.5) is 0 Å². The Bertz CT molecular complexity index is 608. The van der Waals surface area contributed by atoms with Gasteiger partial charge in [0, 0.05) is 19.6 Å². The van der Waals surface area contributed by atoms with Crippen molar-refractivity contribution in [2.24, 2.45) is 0 Å². The van der Waals surface area contributed by atoms with Crippen molar-refractivity contribution in [1.82, 2.24) is 14.4 Å². The lowest BCUT2D eigenvalue weighted by Crippen LogP contribution is -2.60. The average molecular weight is 315 g/mol. The molecule has 0 aromatic carbocycles. The van der Waals surface area contributed by atoms with E-state index in [1.54, 1.807) is 18.2 Å². The first kappa shape index (κ1) is 15.0. The second-order valence-electron chi connectivity index (χ2n) is 5.80. The van der Waals surface area contributed by atoms with Crippen molar-refractivity contribution in [1.29, 1.82) is 0 Å². The summed E-state index contributed by atoms with van der Waals surface area (Å²) in [6.45, 7) is 5.73. The summed E-state index contributed by atoms with van der Waals surface area (Å²) in [6, 6.07) is -0.142. The highest BCUT2D eigenvalue weighted by molar-refractivity contribution is 7.89. The average Bonchev–Trinajstić information content (AvgIpc) is 2.77. The lowest BCUT2D eigenvalue weighted by molar-refractivity contribution is -0.0720. The van der Waals surface area contributed by atoms with Crippen LogP contribution in [-0.4, -0.2) is 68.2 Å². The first-order valence-electron chi connectivity index (χ1n) is 7.16. The Morgan fingerprint density at radius 3 is 2.71 bits per heavy atom. The maximum absolute atomic E-state index is 13.0. The number of aryl methyl sites for hydroxylation is 2. The van der Waals surface area contributed by atoms with E-state index in [0.717, 1.165) is 13.0 Å². The second kappa shape index (κ2) is 5.35. The van der Waals surface area contributed by atoms with Crippen LogP contribution < -0.4 is 0 Å². The molecule has 2 unspecified atom stereocenters. The largest absolute Gasteiger partial charge is 0.375 e. The lowest BCUT2D eigenvalue weighted by Gasteiger charge is -2.45. The number of morpholine rings is 1. The van der Waals surface area contributed by atoms with Crippen molar-refractivity contribution >= 4 is 10.0 Å². The fraction of sp³-hybridized carbons (Fsp3) is 0.769. The number of piperidine rings is 1. The van der Waals surface area contributed by atoms with Crippen LogP contribution in [-0.2, 0) is 14.8 Å². The second-order valence-corrected chi connectivity index (χ2v) is 7.62. The van der Waals surface area contributed by atoms with E-state index in [-0.39, 0.29) is 17.0 Å². The summed E-state index contributed by atoms with van der Waals surface area (Å²) in [5, 5.41) is 3.77. The van der Waals surface area contributed by atoms with Crippen LogP contribution in [0.2, 0.25) is 0 Å². The molecule has 8 heteroatoms. The van der Waals surface area contributed by atoms with Gasteiger partial charge in [-0.1, -0.05) is 5.16 Å². The number of likely N-dealkylation sites (N-methyl/N-ethyl adjacent to an activating group) is 1. The van der Waals surface area contributed by atoms with Gasteiger partial charge in [-0.15, -0.1) is 0 Å². The van der Waals surface area contributed by atoms with Crippen LogP contribution in [0.5, 0.6) is 0 Å². The smallest absolute Gasteiger partial charge is 0.248 e. The molecule has 0 bridgehead atoms. The Morgan fingerprint density at radius 2 is 2.05 bits per heavy atom. The third-order valence-corrected chi connectivity index (χ3v) is 6.44. The molecule has 2 aliphatic rings. The zero-order valence-electron chi connectivity index (χ0n) is 12.6. The van der Waals surface area contributed by atoms with Gasteiger partial charge in [0.1, 0.15) is 10.6 Å². The van der Waals surface area contributed by atoms with Crippen LogP contribution in [0.15, 0.2) is 9.42 Å². The molecule has 1 aromatic heterocycles. The molecule has 0 saturated carbocycles. The van der Waals surface area contributed by atoms with E-state index in [9.17, 15) is 8.42 Å². The number of aromatic nitrogens is 1. The summed E-state index contributed by atoms with van der Waals surface area (Å²) < 4.78 is 38.4. The van der Waals surface area contributed by atoms with Crippen LogP contribution >= 0.6 is 0 Å². The zero-order valence-corrected chi connectivity index (χ0v) is 13.4. The number of ether oxygens (including phenoxy) is 1. The van der Waals surface area contributed by atoms with Gasteiger partial charge < -0.3 is 14.2 Å². The topological polar surface area (TPSA) is 75.9 Å².